The Morgan fingerprint density at radius 3 is 3.00 bits per heavy atom. The van der Waals surface area contributed by atoms with Gasteiger partial charge in [0.05, 0.1) is 12.9 Å². The Hall–Kier alpha value is -1.28. The summed E-state index contributed by atoms with van der Waals surface area (Å²) >= 11 is 0. The topological polar surface area (TPSA) is 33.4 Å². The van der Waals surface area contributed by atoms with Crippen LogP contribution >= 0.6 is 0 Å². The van der Waals surface area contributed by atoms with Gasteiger partial charge in [0.25, 0.3) is 0 Å². The summed E-state index contributed by atoms with van der Waals surface area (Å²) in [4.78, 5) is 0. The molecule has 0 bridgehead atoms. The van der Waals surface area contributed by atoms with Crippen LogP contribution in [0.4, 0.5) is 0 Å². The molecule has 2 heteroatoms. The van der Waals surface area contributed by atoms with Gasteiger partial charge in [-0.1, -0.05) is 18.2 Å². The number of hydrogen-bond acceptors (Lipinski definition) is 2. The van der Waals surface area contributed by atoms with E-state index in [1.165, 1.54) is 0 Å². The third-order valence-electron chi connectivity index (χ3n) is 1.16. The number of rotatable bonds is 3. The Morgan fingerprint density at radius 2 is 2.36 bits per heavy atom. The smallest absolute Gasteiger partial charge is 0.126 e. The molecule has 0 aliphatic rings. The van der Waals surface area contributed by atoms with Gasteiger partial charge in [-0.3, -0.25) is 0 Å². The van der Waals surface area contributed by atoms with Crippen LogP contribution in [0.25, 0.3) is 6.08 Å². The molecule has 0 unspecified atom stereocenters. The number of hydrogen-bond donors (Lipinski definition) is 1. The van der Waals surface area contributed by atoms with Crippen molar-refractivity contribution < 1.29 is 9.52 Å². The highest BCUT2D eigenvalue weighted by molar-refractivity contribution is 5.44. The summed E-state index contributed by atoms with van der Waals surface area (Å²) in [5.41, 5.74) is 0. The van der Waals surface area contributed by atoms with Crippen LogP contribution in [0.15, 0.2) is 41.0 Å². The molecule has 0 aliphatic heterocycles. The lowest BCUT2D eigenvalue weighted by molar-refractivity contribution is 0.343. The average molecular weight is 150 g/mol. The summed E-state index contributed by atoms with van der Waals surface area (Å²) in [6.45, 7) is 0.0719. The predicted molar refractivity (Wildman–Crippen MR) is 44.0 cm³/mol. The van der Waals surface area contributed by atoms with Crippen LogP contribution in [-0.2, 0) is 0 Å². The summed E-state index contributed by atoms with van der Waals surface area (Å²) in [6, 6.07) is 3.69. The molecule has 1 rings (SSSR count). The molecular formula is C9H10O2. The summed E-state index contributed by atoms with van der Waals surface area (Å²) in [7, 11) is 0. The Labute approximate surface area is 65.5 Å². The monoisotopic (exact) mass is 150 g/mol. The Kier molecular flexibility index (Phi) is 3.22. The number of allylic oxidation sites excluding steroid dienone is 2. The molecule has 0 aromatic carbocycles. The first-order valence-electron chi connectivity index (χ1n) is 3.41. The summed E-state index contributed by atoms with van der Waals surface area (Å²) in [6.07, 6.45) is 8.68. The molecule has 1 aromatic rings. The van der Waals surface area contributed by atoms with Crippen LogP contribution in [-0.4, -0.2) is 11.7 Å². The van der Waals surface area contributed by atoms with Crippen LogP contribution in [0.5, 0.6) is 0 Å². The van der Waals surface area contributed by atoms with Gasteiger partial charge in [0.2, 0.25) is 0 Å². The third kappa shape index (κ3) is 2.87. The van der Waals surface area contributed by atoms with E-state index in [-0.39, 0.29) is 6.61 Å². The minimum atomic E-state index is 0.0719. The van der Waals surface area contributed by atoms with Crippen LogP contribution in [0, 0.1) is 0 Å². The molecule has 1 heterocycles. The fourth-order valence-electron chi connectivity index (χ4n) is 0.676. The largest absolute Gasteiger partial charge is 0.465 e. The molecule has 0 radical (unpaired) electrons. The van der Waals surface area contributed by atoms with Crippen LogP contribution < -0.4 is 0 Å². The molecule has 1 N–H and O–H groups in total. The van der Waals surface area contributed by atoms with Gasteiger partial charge >= 0.3 is 0 Å². The lowest BCUT2D eigenvalue weighted by atomic mass is 10.4. The molecule has 0 saturated carbocycles. The molecule has 0 fully saturated rings. The van der Waals surface area contributed by atoms with Gasteiger partial charge in [0.15, 0.2) is 0 Å². The SMILES string of the molecule is OCC=CC=Cc1ccco1. The van der Waals surface area contributed by atoms with Crippen LogP contribution in [0.1, 0.15) is 5.76 Å². The van der Waals surface area contributed by atoms with E-state index in [0.29, 0.717) is 0 Å². The second-order valence-electron chi connectivity index (χ2n) is 1.99. The highest BCUT2D eigenvalue weighted by atomic mass is 16.3. The fourth-order valence-corrected chi connectivity index (χ4v) is 0.676. The Morgan fingerprint density at radius 1 is 1.45 bits per heavy atom. The molecule has 0 aliphatic carbocycles. The zero-order valence-corrected chi connectivity index (χ0v) is 6.10. The van der Waals surface area contributed by atoms with Crippen molar-refractivity contribution >= 4 is 6.08 Å². The molecule has 1 aromatic heterocycles. The quantitative estimate of drug-likeness (QED) is 0.667. The van der Waals surface area contributed by atoms with Gasteiger partial charge in [-0.2, -0.15) is 0 Å². The maximum atomic E-state index is 8.38. The lowest BCUT2D eigenvalue weighted by Gasteiger charge is -1.79. The van der Waals surface area contributed by atoms with Crippen LogP contribution in [0.3, 0.4) is 0 Å². The van der Waals surface area contributed by atoms with E-state index >= 15 is 0 Å². The summed E-state index contributed by atoms with van der Waals surface area (Å²) in [5, 5.41) is 8.38. The van der Waals surface area contributed by atoms with Crippen molar-refractivity contribution in [1.82, 2.24) is 0 Å². The number of aliphatic hydroxyl groups excluding tert-OH is 1. The highest BCUT2D eigenvalue weighted by Crippen LogP contribution is 2.01. The van der Waals surface area contributed by atoms with E-state index in [1.54, 1.807) is 18.4 Å². The molecule has 0 amide bonds. The summed E-state index contributed by atoms with van der Waals surface area (Å²) in [5.74, 6) is 0.813. The van der Waals surface area contributed by atoms with Crippen molar-refractivity contribution in [2.45, 2.75) is 0 Å². The highest BCUT2D eigenvalue weighted by Gasteiger charge is 1.83. The first-order valence-corrected chi connectivity index (χ1v) is 3.41. The van der Waals surface area contributed by atoms with E-state index in [4.69, 9.17) is 9.52 Å². The molecular weight excluding hydrogens is 140 g/mol. The zero-order chi connectivity index (χ0) is 7.94. The Balaban J connectivity index is 2.43. The van der Waals surface area contributed by atoms with Crippen molar-refractivity contribution in [3.05, 3.63) is 42.4 Å². The minimum Gasteiger partial charge on any atom is -0.465 e. The predicted octanol–water partition coefficient (Wildman–Crippen LogP) is 1.84. The van der Waals surface area contributed by atoms with E-state index in [9.17, 15) is 0 Å². The third-order valence-corrected chi connectivity index (χ3v) is 1.16. The molecule has 0 spiro atoms. The molecule has 2 nitrogen and oxygen atoms in total. The standard InChI is InChI=1S/C9H10O2/c10-7-3-1-2-5-9-6-4-8-11-9/h1-6,8,10H,7H2. The van der Waals surface area contributed by atoms with E-state index in [1.807, 2.05) is 24.3 Å². The molecule has 58 valence electrons. The fraction of sp³-hybridized carbons (Fsp3) is 0.111. The number of furan rings is 1. The Bertz CT molecular complexity index is 232. The first kappa shape index (κ1) is 7.82. The van der Waals surface area contributed by atoms with E-state index < -0.39 is 0 Å². The summed E-state index contributed by atoms with van der Waals surface area (Å²) < 4.78 is 5.03. The first-order chi connectivity index (χ1) is 5.43. The maximum Gasteiger partial charge on any atom is 0.126 e. The van der Waals surface area contributed by atoms with E-state index in [2.05, 4.69) is 0 Å². The second kappa shape index (κ2) is 4.52. The maximum absolute atomic E-state index is 8.38. The molecule has 0 saturated heterocycles. The molecule has 11 heavy (non-hydrogen) atoms. The number of aliphatic hydroxyl groups is 1. The normalized spacial score (nSPS) is 11.7. The average Bonchev–Trinajstić information content (AvgIpc) is 2.50. The van der Waals surface area contributed by atoms with Gasteiger partial charge in [0, 0.05) is 0 Å². The van der Waals surface area contributed by atoms with Crippen LogP contribution in [0.2, 0.25) is 0 Å². The van der Waals surface area contributed by atoms with Gasteiger partial charge in [-0.15, -0.1) is 0 Å². The van der Waals surface area contributed by atoms with Crippen molar-refractivity contribution in [2.75, 3.05) is 6.61 Å². The van der Waals surface area contributed by atoms with Crippen molar-refractivity contribution in [1.29, 1.82) is 0 Å². The van der Waals surface area contributed by atoms with Crippen molar-refractivity contribution in [2.24, 2.45) is 0 Å². The second-order valence-corrected chi connectivity index (χ2v) is 1.99. The van der Waals surface area contributed by atoms with Gasteiger partial charge < -0.3 is 9.52 Å². The zero-order valence-electron chi connectivity index (χ0n) is 6.10. The van der Waals surface area contributed by atoms with Crippen molar-refractivity contribution in [3.8, 4) is 0 Å². The molecule has 0 atom stereocenters. The van der Waals surface area contributed by atoms with Gasteiger partial charge in [-0.25, -0.2) is 0 Å². The van der Waals surface area contributed by atoms with Gasteiger partial charge in [0.1, 0.15) is 5.76 Å². The van der Waals surface area contributed by atoms with Crippen molar-refractivity contribution in [3.63, 3.8) is 0 Å². The minimum absolute atomic E-state index is 0.0719. The van der Waals surface area contributed by atoms with E-state index in [0.717, 1.165) is 5.76 Å². The van der Waals surface area contributed by atoms with Gasteiger partial charge in [-0.05, 0) is 18.2 Å². The lowest BCUT2D eigenvalue weighted by Crippen LogP contribution is -1.67.